The van der Waals surface area contributed by atoms with E-state index in [0.717, 1.165) is 45.0 Å². The molecule has 7 rings (SSSR count). The topological polar surface area (TPSA) is 82.5 Å². The van der Waals surface area contributed by atoms with E-state index in [1.807, 2.05) is 55.5 Å². The van der Waals surface area contributed by atoms with Gasteiger partial charge >= 0.3 is 5.97 Å². The number of carboxylic acid groups (broad SMARTS) is 1. The number of fused-ring (bicyclic) bond motifs is 4. The summed E-state index contributed by atoms with van der Waals surface area (Å²) in [6.07, 6.45) is 6.66. The van der Waals surface area contributed by atoms with Crippen molar-refractivity contribution in [2.24, 2.45) is 5.41 Å². The number of carbonyl (C=O) groups excluding carboxylic acids is 1. The Balaban J connectivity index is 1.43. The first-order chi connectivity index (χ1) is 18.2. The van der Waals surface area contributed by atoms with Gasteiger partial charge in [-0.25, -0.2) is 4.98 Å². The van der Waals surface area contributed by atoms with E-state index in [1.165, 1.54) is 6.42 Å². The minimum Gasteiger partial charge on any atom is -0.481 e. The molecule has 0 spiro atoms. The Labute approximate surface area is 232 Å². The zero-order valence-corrected chi connectivity index (χ0v) is 23.6. The second-order valence-corrected chi connectivity index (χ2v) is 12.6. The summed E-state index contributed by atoms with van der Waals surface area (Å²) in [4.78, 5) is 34.1. The first kappa shape index (κ1) is 25.5. The number of rotatable bonds is 6. The zero-order valence-electron chi connectivity index (χ0n) is 22.0. The lowest BCUT2D eigenvalue weighted by molar-refractivity contribution is -0.162. The van der Waals surface area contributed by atoms with Gasteiger partial charge in [-0.1, -0.05) is 52.7 Å². The fourth-order valence-corrected chi connectivity index (χ4v) is 7.52. The van der Waals surface area contributed by atoms with E-state index in [9.17, 15) is 14.7 Å². The summed E-state index contributed by atoms with van der Waals surface area (Å²) in [6, 6.07) is 16.4. The van der Waals surface area contributed by atoms with Crippen LogP contribution >= 0.6 is 15.9 Å². The number of nitrogens with zero attached hydrogens (tertiary/aromatic N) is 2. The van der Waals surface area contributed by atoms with Gasteiger partial charge in [0.15, 0.2) is 0 Å². The van der Waals surface area contributed by atoms with Gasteiger partial charge in [-0.3, -0.25) is 14.5 Å². The maximum atomic E-state index is 14.4. The molecule has 2 aromatic carbocycles. The van der Waals surface area contributed by atoms with Gasteiger partial charge in [0.1, 0.15) is 0 Å². The lowest BCUT2D eigenvalue weighted by Crippen LogP contribution is -2.71. The molecule has 4 saturated carbocycles. The van der Waals surface area contributed by atoms with Gasteiger partial charge < -0.3 is 10.4 Å². The van der Waals surface area contributed by atoms with E-state index >= 15 is 0 Å². The predicted octanol–water partition coefficient (Wildman–Crippen LogP) is 6.34. The Hall–Kier alpha value is -2.77. The van der Waals surface area contributed by atoms with Crippen LogP contribution in [0.15, 0.2) is 53.0 Å². The average Bonchev–Trinajstić information content (AvgIpc) is 2.88. The number of amides is 1. The third-order valence-electron chi connectivity index (χ3n) is 9.74. The SMILES string of the molecule is Cc1c(-c2ccccc2)nc2ccc(Br)cc2c1C(=O)NC12CCC(C(=O)O)(CC1)CC2N(C)C1CCC1. The molecule has 0 saturated heterocycles. The number of benzene rings is 2. The van der Waals surface area contributed by atoms with Crippen LogP contribution in [-0.4, -0.2) is 51.5 Å². The maximum absolute atomic E-state index is 14.4. The lowest BCUT2D eigenvalue weighted by atomic mass is 9.54. The molecule has 198 valence electrons. The second-order valence-electron chi connectivity index (χ2n) is 11.7. The molecule has 4 aliphatic rings. The quantitative estimate of drug-likeness (QED) is 0.358. The van der Waals surface area contributed by atoms with Crippen molar-refractivity contribution in [1.29, 1.82) is 0 Å². The number of aliphatic carboxylic acids is 1. The molecule has 1 atom stereocenters. The largest absolute Gasteiger partial charge is 0.481 e. The Bertz CT molecular complexity index is 1410. The van der Waals surface area contributed by atoms with Crippen LogP contribution < -0.4 is 5.32 Å². The average molecular weight is 577 g/mol. The Morgan fingerprint density at radius 3 is 2.42 bits per heavy atom. The van der Waals surface area contributed by atoms with E-state index < -0.39 is 16.9 Å². The number of aromatic nitrogens is 1. The summed E-state index contributed by atoms with van der Waals surface area (Å²) in [6.45, 7) is 1.98. The summed E-state index contributed by atoms with van der Waals surface area (Å²) in [5, 5.41) is 14.5. The van der Waals surface area contributed by atoms with Crippen LogP contribution in [0.3, 0.4) is 0 Å². The van der Waals surface area contributed by atoms with Crippen LogP contribution in [0, 0.1) is 12.3 Å². The highest BCUT2D eigenvalue weighted by atomic mass is 79.9. The zero-order chi connectivity index (χ0) is 26.7. The number of nitrogens with one attached hydrogen (secondary N) is 1. The van der Waals surface area contributed by atoms with Crippen LogP contribution in [0.25, 0.3) is 22.2 Å². The second kappa shape index (κ2) is 9.45. The highest BCUT2D eigenvalue weighted by Gasteiger charge is 2.60. The Morgan fingerprint density at radius 2 is 1.79 bits per heavy atom. The fraction of sp³-hybridized carbons (Fsp3) is 0.452. The molecule has 7 heteroatoms. The number of carboxylic acids is 1. The van der Waals surface area contributed by atoms with Crippen molar-refractivity contribution >= 4 is 38.7 Å². The molecule has 38 heavy (non-hydrogen) atoms. The fourth-order valence-electron chi connectivity index (χ4n) is 7.16. The standard InChI is InChI=1S/C31H34BrN3O3/c1-19-26(23-17-21(32)11-12-24(23)33-27(19)20-7-4-3-5-8-20)28(36)34-31-15-13-30(14-16-31,29(37)38)18-25(31)35(2)22-9-6-10-22/h3-5,7-8,11-12,17,22,25H,6,9-10,13-16,18H2,1-2H3,(H,34,36)(H,37,38). The van der Waals surface area contributed by atoms with E-state index in [0.29, 0.717) is 43.7 Å². The van der Waals surface area contributed by atoms with Crippen molar-refractivity contribution in [3.63, 3.8) is 0 Å². The Kier molecular flexibility index (Phi) is 6.35. The number of hydrogen-bond acceptors (Lipinski definition) is 4. The maximum Gasteiger partial charge on any atom is 0.309 e. The van der Waals surface area contributed by atoms with Crippen LogP contribution in [0.1, 0.15) is 67.3 Å². The number of carbonyl (C=O) groups is 2. The van der Waals surface area contributed by atoms with Gasteiger partial charge in [0.05, 0.1) is 27.7 Å². The Morgan fingerprint density at radius 1 is 1.08 bits per heavy atom. The van der Waals surface area contributed by atoms with Gasteiger partial charge in [0.25, 0.3) is 5.91 Å². The molecular formula is C31H34BrN3O3. The summed E-state index contributed by atoms with van der Waals surface area (Å²) in [5.41, 5.74) is 2.94. The van der Waals surface area contributed by atoms with E-state index in [4.69, 9.17) is 4.98 Å². The summed E-state index contributed by atoms with van der Waals surface area (Å²) in [7, 11) is 2.14. The monoisotopic (exact) mass is 575 g/mol. The molecule has 3 aromatic rings. The van der Waals surface area contributed by atoms with Gasteiger partial charge in [0, 0.05) is 27.5 Å². The van der Waals surface area contributed by atoms with Crippen LogP contribution in [0.4, 0.5) is 0 Å². The van der Waals surface area contributed by atoms with E-state index in [-0.39, 0.29) is 11.9 Å². The smallest absolute Gasteiger partial charge is 0.309 e. The van der Waals surface area contributed by atoms with E-state index in [2.05, 4.69) is 33.2 Å². The van der Waals surface area contributed by atoms with Crippen molar-refractivity contribution in [3.05, 3.63) is 64.1 Å². The molecule has 0 aliphatic heterocycles. The van der Waals surface area contributed by atoms with Crippen LogP contribution in [-0.2, 0) is 4.79 Å². The van der Waals surface area contributed by atoms with Crippen molar-refractivity contribution in [2.75, 3.05) is 7.05 Å². The van der Waals surface area contributed by atoms with Gasteiger partial charge in [-0.05, 0) is 82.7 Å². The molecule has 4 fully saturated rings. The van der Waals surface area contributed by atoms with Crippen molar-refractivity contribution in [1.82, 2.24) is 15.2 Å². The van der Waals surface area contributed by atoms with Crippen molar-refractivity contribution in [3.8, 4) is 11.3 Å². The normalized spacial score (nSPS) is 26.9. The first-order valence-electron chi connectivity index (χ1n) is 13.7. The summed E-state index contributed by atoms with van der Waals surface area (Å²) < 4.78 is 0.898. The number of likely N-dealkylation sites (N-methyl/N-ethyl adjacent to an activating group) is 1. The van der Waals surface area contributed by atoms with Crippen molar-refractivity contribution in [2.45, 2.75) is 75.9 Å². The highest BCUT2D eigenvalue weighted by molar-refractivity contribution is 9.10. The molecule has 4 aliphatic carbocycles. The molecule has 0 radical (unpaired) electrons. The van der Waals surface area contributed by atoms with E-state index in [1.54, 1.807) is 0 Å². The first-order valence-corrected chi connectivity index (χ1v) is 14.5. The van der Waals surface area contributed by atoms with Crippen molar-refractivity contribution < 1.29 is 14.7 Å². The minimum atomic E-state index is -0.683. The highest BCUT2D eigenvalue weighted by Crippen LogP contribution is 2.55. The van der Waals surface area contributed by atoms with Gasteiger partial charge in [0.2, 0.25) is 0 Å². The van der Waals surface area contributed by atoms with Crippen LogP contribution in [0.5, 0.6) is 0 Å². The lowest BCUT2D eigenvalue weighted by Gasteiger charge is -2.60. The van der Waals surface area contributed by atoms with Gasteiger partial charge in [-0.2, -0.15) is 0 Å². The molecule has 6 nitrogen and oxygen atoms in total. The number of hydrogen-bond donors (Lipinski definition) is 2. The predicted molar refractivity (Wildman–Crippen MR) is 152 cm³/mol. The molecule has 1 heterocycles. The van der Waals surface area contributed by atoms with Crippen LogP contribution in [0.2, 0.25) is 0 Å². The third kappa shape index (κ3) is 4.06. The third-order valence-corrected chi connectivity index (χ3v) is 10.2. The molecule has 1 amide bonds. The summed E-state index contributed by atoms with van der Waals surface area (Å²) >= 11 is 3.59. The molecule has 2 bridgehead atoms. The van der Waals surface area contributed by atoms with Gasteiger partial charge in [-0.15, -0.1) is 0 Å². The minimum absolute atomic E-state index is 0.00378. The molecule has 1 unspecified atom stereocenters. The molecule has 1 aromatic heterocycles. The number of halogens is 1. The molecule has 2 N–H and O–H groups in total. The summed E-state index contributed by atoms with van der Waals surface area (Å²) in [5.74, 6) is -0.778. The number of pyridine rings is 1. The molecular weight excluding hydrogens is 542 g/mol.